The van der Waals surface area contributed by atoms with Crippen LogP contribution in [0.1, 0.15) is 27.3 Å². The van der Waals surface area contributed by atoms with Crippen LogP contribution in [0.2, 0.25) is 0 Å². The molecule has 180 valence electrons. The maximum atomic E-state index is 12.9. The van der Waals surface area contributed by atoms with Crippen molar-refractivity contribution in [2.75, 3.05) is 26.2 Å². The van der Waals surface area contributed by atoms with Gasteiger partial charge in [0.15, 0.2) is 5.82 Å². The van der Waals surface area contributed by atoms with Crippen molar-refractivity contribution >= 4 is 5.91 Å². The number of halogens is 6. The number of nitrogens with zero attached hydrogens (tertiary/aromatic N) is 4. The van der Waals surface area contributed by atoms with Crippen molar-refractivity contribution in [2.24, 2.45) is 0 Å². The molecule has 1 aliphatic heterocycles. The van der Waals surface area contributed by atoms with Gasteiger partial charge < -0.3 is 9.42 Å². The number of rotatable bonds is 4. The van der Waals surface area contributed by atoms with Crippen molar-refractivity contribution in [3.05, 3.63) is 71.0 Å². The molecule has 6 nitrogen and oxygen atoms in total. The smallest absolute Gasteiger partial charge is 0.336 e. The van der Waals surface area contributed by atoms with Crippen LogP contribution in [-0.4, -0.2) is 52.0 Å². The van der Waals surface area contributed by atoms with E-state index in [1.165, 1.54) is 12.1 Å². The molecule has 34 heavy (non-hydrogen) atoms. The van der Waals surface area contributed by atoms with Crippen molar-refractivity contribution in [1.29, 1.82) is 0 Å². The van der Waals surface area contributed by atoms with Gasteiger partial charge in [-0.05, 0) is 42.5 Å². The summed E-state index contributed by atoms with van der Waals surface area (Å²) in [4.78, 5) is 20.2. The third-order valence-electron chi connectivity index (χ3n) is 5.39. The maximum Gasteiger partial charge on any atom is 0.416 e. The van der Waals surface area contributed by atoms with Crippen LogP contribution >= 0.6 is 0 Å². The van der Waals surface area contributed by atoms with Gasteiger partial charge in [0.1, 0.15) is 0 Å². The number of amides is 1. The van der Waals surface area contributed by atoms with E-state index in [0.717, 1.165) is 36.4 Å². The van der Waals surface area contributed by atoms with E-state index < -0.39 is 23.5 Å². The Kier molecular flexibility index (Phi) is 6.34. The summed E-state index contributed by atoms with van der Waals surface area (Å²) in [6, 6.07) is 8.66. The topological polar surface area (TPSA) is 62.5 Å². The molecule has 0 radical (unpaired) electrons. The molecule has 0 atom stereocenters. The van der Waals surface area contributed by atoms with Crippen LogP contribution in [0.5, 0.6) is 0 Å². The van der Waals surface area contributed by atoms with Gasteiger partial charge >= 0.3 is 12.4 Å². The fraction of sp³-hybridized carbons (Fsp3) is 0.318. The Morgan fingerprint density at radius 3 is 2.15 bits per heavy atom. The lowest BCUT2D eigenvalue weighted by molar-refractivity contribution is -0.138. The Morgan fingerprint density at radius 2 is 1.53 bits per heavy atom. The first-order chi connectivity index (χ1) is 16.0. The second kappa shape index (κ2) is 9.09. The van der Waals surface area contributed by atoms with Gasteiger partial charge in [0.05, 0.1) is 17.7 Å². The minimum atomic E-state index is -4.49. The summed E-state index contributed by atoms with van der Waals surface area (Å²) in [5.41, 5.74) is -1.32. The molecule has 0 saturated carbocycles. The predicted molar refractivity (Wildman–Crippen MR) is 107 cm³/mol. The standard InChI is InChI=1S/C22H18F6N4O2/c23-21(24,25)16-6-4-14(5-7-16)20(33)32-10-8-31(9-11-32)13-18-29-19(34-30-18)15-2-1-3-17(12-15)22(26,27)28/h1-7,12H,8-11,13H2. The van der Waals surface area contributed by atoms with Gasteiger partial charge in [-0.1, -0.05) is 11.2 Å². The van der Waals surface area contributed by atoms with Gasteiger partial charge in [0, 0.05) is 37.3 Å². The van der Waals surface area contributed by atoms with Gasteiger partial charge in [0.2, 0.25) is 0 Å². The van der Waals surface area contributed by atoms with E-state index in [1.54, 1.807) is 4.90 Å². The fourth-order valence-corrected chi connectivity index (χ4v) is 3.56. The van der Waals surface area contributed by atoms with Gasteiger partial charge in [-0.25, -0.2) is 0 Å². The maximum absolute atomic E-state index is 12.9. The van der Waals surface area contributed by atoms with E-state index in [-0.39, 0.29) is 35.3 Å². The third kappa shape index (κ3) is 5.38. The first-order valence-electron chi connectivity index (χ1n) is 10.2. The summed E-state index contributed by atoms with van der Waals surface area (Å²) in [6.07, 6.45) is -8.96. The first-order valence-corrected chi connectivity index (χ1v) is 10.2. The molecule has 0 spiro atoms. The van der Waals surface area contributed by atoms with Crippen molar-refractivity contribution < 1.29 is 35.7 Å². The summed E-state index contributed by atoms with van der Waals surface area (Å²) in [6.45, 7) is 1.88. The Labute approximate surface area is 189 Å². The highest BCUT2D eigenvalue weighted by Crippen LogP contribution is 2.32. The number of benzene rings is 2. The van der Waals surface area contributed by atoms with Crippen LogP contribution < -0.4 is 0 Å². The van der Waals surface area contributed by atoms with E-state index in [4.69, 9.17) is 4.52 Å². The molecular formula is C22H18F6N4O2. The Balaban J connectivity index is 1.33. The van der Waals surface area contributed by atoms with Gasteiger partial charge in [-0.15, -0.1) is 0 Å². The van der Waals surface area contributed by atoms with Crippen molar-refractivity contribution in [2.45, 2.75) is 18.9 Å². The quantitative estimate of drug-likeness (QED) is 0.501. The van der Waals surface area contributed by atoms with E-state index in [2.05, 4.69) is 10.1 Å². The highest BCUT2D eigenvalue weighted by molar-refractivity contribution is 5.94. The summed E-state index contributed by atoms with van der Waals surface area (Å²) in [5.74, 6) is -0.105. The molecule has 1 aromatic heterocycles. The van der Waals surface area contributed by atoms with Crippen LogP contribution in [-0.2, 0) is 18.9 Å². The number of hydrogen-bond donors (Lipinski definition) is 0. The van der Waals surface area contributed by atoms with E-state index >= 15 is 0 Å². The molecule has 2 heterocycles. The van der Waals surface area contributed by atoms with Crippen molar-refractivity contribution in [3.63, 3.8) is 0 Å². The Hall–Kier alpha value is -3.41. The zero-order valence-corrected chi connectivity index (χ0v) is 17.5. The third-order valence-corrected chi connectivity index (χ3v) is 5.39. The molecule has 2 aromatic carbocycles. The Bertz CT molecular complexity index is 1150. The number of piperazine rings is 1. The molecule has 12 heteroatoms. The molecule has 0 unspecified atom stereocenters. The lowest BCUT2D eigenvalue weighted by Gasteiger charge is -2.34. The zero-order valence-electron chi connectivity index (χ0n) is 17.5. The van der Waals surface area contributed by atoms with E-state index in [1.807, 2.05) is 4.90 Å². The number of carbonyl (C=O) groups is 1. The number of alkyl halides is 6. The molecule has 1 fully saturated rings. The summed E-state index contributed by atoms with van der Waals surface area (Å²) in [5, 5.41) is 3.83. The molecule has 0 bridgehead atoms. The van der Waals surface area contributed by atoms with Gasteiger partial charge in [0.25, 0.3) is 11.8 Å². The monoisotopic (exact) mass is 484 g/mol. The van der Waals surface area contributed by atoms with E-state index in [9.17, 15) is 31.1 Å². The average molecular weight is 484 g/mol. The molecule has 3 aromatic rings. The van der Waals surface area contributed by atoms with Crippen LogP contribution in [0, 0.1) is 0 Å². The predicted octanol–water partition coefficient (Wildman–Crippen LogP) is 4.73. The average Bonchev–Trinajstić information content (AvgIpc) is 3.27. The molecular weight excluding hydrogens is 466 g/mol. The lowest BCUT2D eigenvalue weighted by atomic mass is 10.1. The lowest BCUT2D eigenvalue weighted by Crippen LogP contribution is -2.48. The number of carbonyl (C=O) groups excluding carboxylic acids is 1. The minimum Gasteiger partial charge on any atom is -0.336 e. The summed E-state index contributed by atoms with van der Waals surface area (Å²) < 4.78 is 81.9. The second-order valence-electron chi connectivity index (χ2n) is 7.74. The number of hydrogen-bond acceptors (Lipinski definition) is 5. The van der Waals surface area contributed by atoms with Crippen LogP contribution in [0.25, 0.3) is 11.5 Å². The van der Waals surface area contributed by atoms with Gasteiger partial charge in [-0.3, -0.25) is 9.69 Å². The molecule has 1 amide bonds. The summed E-state index contributed by atoms with van der Waals surface area (Å²) >= 11 is 0. The van der Waals surface area contributed by atoms with Gasteiger partial charge in [-0.2, -0.15) is 31.3 Å². The highest BCUT2D eigenvalue weighted by Gasteiger charge is 2.32. The molecule has 4 rings (SSSR count). The van der Waals surface area contributed by atoms with E-state index in [0.29, 0.717) is 26.2 Å². The Morgan fingerprint density at radius 1 is 0.882 bits per heavy atom. The molecule has 0 aliphatic carbocycles. The summed E-state index contributed by atoms with van der Waals surface area (Å²) in [7, 11) is 0. The molecule has 1 saturated heterocycles. The minimum absolute atomic E-state index is 0.0304. The second-order valence-corrected chi connectivity index (χ2v) is 7.74. The fourth-order valence-electron chi connectivity index (χ4n) is 3.56. The first kappa shape index (κ1) is 23.7. The van der Waals surface area contributed by atoms with Crippen molar-refractivity contribution in [1.82, 2.24) is 19.9 Å². The highest BCUT2D eigenvalue weighted by atomic mass is 19.4. The molecule has 0 N–H and O–H groups in total. The normalized spacial score (nSPS) is 15.5. The van der Waals surface area contributed by atoms with Crippen LogP contribution in [0.15, 0.2) is 53.1 Å². The zero-order chi connectivity index (χ0) is 24.5. The largest absolute Gasteiger partial charge is 0.416 e. The number of aromatic nitrogens is 2. The molecule has 1 aliphatic rings. The van der Waals surface area contributed by atoms with Crippen molar-refractivity contribution in [3.8, 4) is 11.5 Å². The SMILES string of the molecule is O=C(c1ccc(C(F)(F)F)cc1)N1CCN(Cc2noc(-c3cccc(C(F)(F)F)c3)n2)CC1. The van der Waals surface area contributed by atoms with Crippen LogP contribution in [0.3, 0.4) is 0 Å². The van der Waals surface area contributed by atoms with Crippen LogP contribution in [0.4, 0.5) is 26.3 Å².